The van der Waals surface area contributed by atoms with Crippen LogP contribution in [0.3, 0.4) is 0 Å². The van der Waals surface area contributed by atoms with Crippen molar-refractivity contribution in [1.82, 2.24) is 10.3 Å². The van der Waals surface area contributed by atoms with Gasteiger partial charge in [-0.3, -0.25) is 5.28 Å². The average Bonchev–Trinajstić information content (AvgIpc) is 1.83. The van der Waals surface area contributed by atoms with Crippen LogP contribution < -0.4 is 0 Å². The van der Waals surface area contributed by atoms with E-state index in [9.17, 15) is 10.1 Å². The van der Waals surface area contributed by atoms with Crippen molar-refractivity contribution in [2.24, 2.45) is 5.29 Å². The maximum absolute atomic E-state index is 10.5. The van der Waals surface area contributed by atoms with Crippen molar-refractivity contribution in [3.05, 3.63) is 10.1 Å². The Kier molecular flexibility index (Phi) is 2.74. The molecule has 10 heavy (non-hydrogen) atoms. The minimum atomic E-state index is -0.365. The van der Waals surface area contributed by atoms with Crippen molar-refractivity contribution >= 4 is 0 Å². The zero-order valence-electron chi connectivity index (χ0n) is 6.66. The van der Waals surface area contributed by atoms with Gasteiger partial charge in [0.1, 0.15) is 0 Å². The lowest BCUT2D eigenvalue weighted by molar-refractivity contribution is -0.0289. The molecular weight excluding hydrogens is 134 g/mol. The van der Waals surface area contributed by atoms with Crippen LogP contribution in [0.2, 0.25) is 0 Å². The first kappa shape index (κ1) is 9.32. The van der Waals surface area contributed by atoms with Gasteiger partial charge in [0.15, 0.2) is 0 Å². The molecule has 0 N–H and O–H groups in total. The zero-order chi connectivity index (χ0) is 8.36. The van der Waals surface area contributed by atoms with Crippen molar-refractivity contribution < 1.29 is 0 Å². The molecule has 0 aliphatic carbocycles. The van der Waals surface area contributed by atoms with Crippen LogP contribution in [-0.2, 0) is 0 Å². The molecule has 0 saturated heterocycles. The summed E-state index contributed by atoms with van der Waals surface area (Å²) in [6.07, 6.45) is 0. The third kappa shape index (κ3) is 2.28. The summed E-state index contributed by atoms with van der Waals surface area (Å²) >= 11 is 0. The van der Waals surface area contributed by atoms with Crippen LogP contribution in [-0.4, -0.2) is 22.9 Å². The highest BCUT2D eigenvalue weighted by molar-refractivity contribution is 4.70. The van der Waals surface area contributed by atoms with E-state index in [2.05, 4.69) is 5.29 Å². The number of hydrogen-bond acceptors (Lipinski definition) is 4. The van der Waals surface area contributed by atoms with Gasteiger partial charge in [0.25, 0.3) is 0 Å². The molecule has 0 bridgehead atoms. The van der Waals surface area contributed by atoms with Gasteiger partial charge in [0.05, 0.1) is 5.29 Å². The summed E-state index contributed by atoms with van der Waals surface area (Å²) in [5.41, 5.74) is -0.365. The third-order valence-electron chi connectivity index (χ3n) is 1.30. The largest absolute Gasteiger partial charge is 0.724 e. The lowest BCUT2D eigenvalue weighted by Crippen LogP contribution is -2.45. The summed E-state index contributed by atoms with van der Waals surface area (Å²) in [5, 5.41) is 14.0. The van der Waals surface area contributed by atoms with Crippen LogP contribution in [0, 0.1) is 10.1 Å². The lowest BCUT2D eigenvalue weighted by Gasteiger charge is -2.40. The van der Waals surface area contributed by atoms with Crippen LogP contribution in [0.15, 0.2) is 5.29 Å². The maximum atomic E-state index is 10.5. The minimum Gasteiger partial charge on any atom is -0.724 e. The van der Waals surface area contributed by atoms with E-state index in [0.717, 1.165) is 0 Å². The molecule has 0 radical (unpaired) electrons. The van der Waals surface area contributed by atoms with E-state index in [-0.39, 0.29) is 10.8 Å². The highest BCUT2D eigenvalue weighted by Crippen LogP contribution is 2.12. The Hall–Kier alpha value is -0.680. The highest BCUT2D eigenvalue weighted by Gasteiger charge is 2.18. The van der Waals surface area contributed by atoms with Gasteiger partial charge in [-0.15, -0.1) is 4.91 Å². The molecule has 60 valence electrons. The normalized spacial score (nSPS) is 11.8. The van der Waals surface area contributed by atoms with Gasteiger partial charge in [0, 0.05) is 12.6 Å². The standard InChI is InChI=1S/C5H12N3O2/c1-5(2,3)7(4)8(10)6-9/h1-4H3/q-1. The van der Waals surface area contributed by atoms with Crippen LogP contribution in [0.5, 0.6) is 0 Å². The summed E-state index contributed by atoms with van der Waals surface area (Å²) in [4.78, 5) is 9.71. The highest BCUT2D eigenvalue weighted by atomic mass is 16.6. The Balaban J connectivity index is 4.07. The SMILES string of the molecule is CN(N([O-])N=O)C(C)(C)C. The molecule has 5 heteroatoms. The number of hydrazine groups is 1. The van der Waals surface area contributed by atoms with Crippen LogP contribution in [0.1, 0.15) is 20.8 Å². The Morgan fingerprint density at radius 2 is 1.80 bits per heavy atom. The maximum Gasteiger partial charge on any atom is 0.0579 e. The van der Waals surface area contributed by atoms with Gasteiger partial charge in [-0.2, -0.15) is 0 Å². The first-order chi connectivity index (χ1) is 4.39. The van der Waals surface area contributed by atoms with Crippen molar-refractivity contribution in [3.8, 4) is 0 Å². The van der Waals surface area contributed by atoms with Crippen molar-refractivity contribution in [1.29, 1.82) is 0 Å². The summed E-state index contributed by atoms with van der Waals surface area (Å²) in [6, 6.07) is 0. The zero-order valence-corrected chi connectivity index (χ0v) is 6.66. The fourth-order valence-corrected chi connectivity index (χ4v) is 0.311. The van der Waals surface area contributed by atoms with Crippen molar-refractivity contribution in [3.63, 3.8) is 0 Å². The molecule has 0 heterocycles. The van der Waals surface area contributed by atoms with Gasteiger partial charge in [-0.05, 0) is 20.8 Å². The van der Waals surface area contributed by atoms with E-state index >= 15 is 0 Å². The molecule has 0 saturated carbocycles. The molecule has 5 nitrogen and oxygen atoms in total. The minimum absolute atomic E-state index is 0.0278. The first-order valence-corrected chi connectivity index (χ1v) is 2.94. The van der Waals surface area contributed by atoms with Crippen molar-refractivity contribution in [2.75, 3.05) is 7.05 Å². The van der Waals surface area contributed by atoms with Gasteiger partial charge in [-0.1, -0.05) is 0 Å². The van der Waals surface area contributed by atoms with Crippen LogP contribution >= 0.6 is 0 Å². The smallest absolute Gasteiger partial charge is 0.0579 e. The third-order valence-corrected chi connectivity index (χ3v) is 1.30. The molecular formula is C5H12N3O2-. The number of nitrogens with zero attached hydrogens (tertiary/aromatic N) is 3. The van der Waals surface area contributed by atoms with Crippen LogP contribution in [0.4, 0.5) is 0 Å². The molecule has 0 aliphatic rings. The van der Waals surface area contributed by atoms with E-state index < -0.39 is 0 Å². The Morgan fingerprint density at radius 3 is 1.90 bits per heavy atom. The van der Waals surface area contributed by atoms with E-state index in [1.165, 1.54) is 12.1 Å². The first-order valence-electron chi connectivity index (χ1n) is 2.94. The molecule has 0 aromatic carbocycles. The molecule has 0 aliphatic heterocycles. The molecule has 0 unspecified atom stereocenters. The van der Waals surface area contributed by atoms with E-state index in [1.54, 1.807) is 0 Å². The molecule has 0 rings (SSSR count). The van der Waals surface area contributed by atoms with E-state index in [4.69, 9.17) is 0 Å². The van der Waals surface area contributed by atoms with Crippen molar-refractivity contribution in [2.45, 2.75) is 26.3 Å². The lowest BCUT2D eigenvalue weighted by atomic mass is 10.1. The predicted molar refractivity (Wildman–Crippen MR) is 38.5 cm³/mol. The molecule has 0 spiro atoms. The molecule has 0 fully saturated rings. The second-order valence-electron chi connectivity index (χ2n) is 3.03. The van der Waals surface area contributed by atoms with Gasteiger partial charge in [-0.25, -0.2) is 5.01 Å². The topological polar surface area (TPSA) is 59.0 Å². The summed E-state index contributed by atoms with van der Waals surface area (Å²) in [7, 11) is 1.51. The number of nitroso groups, excluding NO2 is 1. The van der Waals surface area contributed by atoms with Gasteiger partial charge < -0.3 is 5.21 Å². The predicted octanol–water partition coefficient (Wildman–Crippen LogP) is 1.11. The average molecular weight is 146 g/mol. The summed E-state index contributed by atoms with van der Waals surface area (Å²) in [5.74, 6) is 0. The summed E-state index contributed by atoms with van der Waals surface area (Å²) in [6.45, 7) is 5.43. The molecule has 0 atom stereocenters. The van der Waals surface area contributed by atoms with Gasteiger partial charge >= 0.3 is 0 Å². The van der Waals surface area contributed by atoms with E-state index in [0.29, 0.717) is 0 Å². The van der Waals surface area contributed by atoms with Gasteiger partial charge in [0.2, 0.25) is 0 Å². The number of rotatable bonds is 2. The second kappa shape index (κ2) is 2.94. The fourth-order valence-electron chi connectivity index (χ4n) is 0.311. The monoisotopic (exact) mass is 146 g/mol. The van der Waals surface area contributed by atoms with E-state index in [1.807, 2.05) is 20.8 Å². The Morgan fingerprint density at radius 1 is 1.40 bits per heavy atom. The second-order valence-corrected chi connectivity index (χ2v) is 3.03. The Labute approximate surface area is 60.1 Å². The Bertz CT molecular complexity index is 121. The number of hydrogen-bond donors (Lipinski definition) is 0. The quantitative estimate of drug-likeness (QED) is 0.432. The fraction of sp³-hybridized carbons (Fsp3) is 1.00. The molecule has 0 aromatic heterocycles. The summed E-state index contributed by atoms with van der Waals surface area (Å²) < 4.78 is 0. The molecule has 0 aromatic rings. The molecule has 0 amide bonds. The van der Waals surface area contributed by atoms with Crippen LogP contribution in [0.25, 0.3) is 0 Å².